The van der Waals surface area contributed by atoms with E-state index in [1.807, 2.05) is 25.1 Å². The van der Waals surface area contributed by atoms with Gasteiger partial charge in [-0.05, 0) is 23.3 Å². The van der Waals surface area contributed by atoms with E-state index in [9.17, 15) is 4.79 Å². The quantitative estimate of drug-likeness (QED) is 0.530. The first-order valence-electron chi connectivity index (χ1n) is 10.9. The zero-order chi connectivity index (χ0) is 21.6. The van der Waals surface area contributed by atoms with Gasteiger partial charge in [0.15, 0.2) is 0 Å². The van der Waals surface area contributed by atoms with Crippen molar-refractivity contribution in [2.24, 2.45) is 0 Å². The summed E-state index contributed by atoms with van der Waals surface area (Å²) in [4.78, 5) is 15.1. The molecule has 0 radical (unpaired) electrons. The fraction of sp³-hybridized carbons (Fsp3) is 0.400. The molecule has 0 bridgehead atoms. The van der Waals surface area contributed by atoms with Crippen LogP contribution in [0.2, 0.25) is 0 Å². The zero-order valence-corrected chi connectivity index (χ0v) is 18.3. The Hall–Kier alpha value is -2.67. The van der Waals surface area contributed by atoms with Crippen LogP contribution in [0.15, 0.2) is 65.5 Å². The predicted octanol–water partition coefficient (Wildman–Crippen LogP) is 2.78. The Morgan fingerprint density at radius 2 is 1.90 bits per heavy atom. The van der Waals surface area contributed by atoms with Crippen LogP contribution >= 0.6 is 0 Å². The lowest BCUT2D eigenvalue weighted by molar-refractivity contribution is -0.136. The van der Waals surface area contributed by atoms with Crippen LogP contribution < -0.4 is 10.6 Å². The number of esters is 1. The third-order valence-electron chi connectivity index (χ3n) is 6.01. The maximum atomic E-state index is 12.6. The number of hydrogen-bond donors (Lipinski definition) is 2. The number of dihydropyridines is 1. The number of nitrogens with one attached hydrogen (secondary N) is 2. The van der Waals surface area contributed by atoms with E-state index < -0.39 is 0 Å². The average Bonchev–Trinajstić information content (AvgIpc) is 2.81. The van der Waals surface area contributed by atoms with Crippen LogP contribution in [0.1, 0.15) is 18.4 Å². The van der Waals surface area contributed by atoms with Gasteiger partial charge in [0.25, 0.3) is 0 Å². The second-order valence-electron chi connectivity index (χ2n) is 8.04. The number of methoxy groups -OCH3 is 1. The SMILES string of the molecule is COC(=O)C1=C(C)NC(COCCN2CCNCC2)=CC1c1cccc2ccccc12. The molecule has 2 aliphatic heterocycles. The number of rotatable bonds is 7. The highest BCUT2D eigenvalue weighted by Crippen LogP contribution is 2.36. The van der Waals surface area contributed by atoms with Crippen molar-refractivity contribution in [3.8, 4) is 0 Å². The second-order valence-corrected chi connectivity index (χ2v) is 8.04. The summed E-state index contributed by atoms with van der Waals surface area (Å²) in [6, 6.07) is 14.5. The highest BCUT2D eigenvalue weighted by atomic mass is 16.5. The van der Waals surface area contributed by atoms with E-state index in [1.54, 1.807) is 0 Å². The Labute approximate surface area is 183 Å². The lowest BCUT2D eigenvalue weighted by Gasteiger charge is -2.28. The Morgan fingerprint density at radius 1 is 1.13 bits per heavy atom. The first-order valence-corrected chi connectivity index (χ1v) is 10.9. The van der Waals surface area contributed by atoms with Crippen LogP contribution in [0.5, 0.6) is 0 Å². The fourth-order valence-corrected chi connectivity index (χ4v) is 4.42. The minimum atomic E-state index is -0.308. The van der Waals surface area contributed by atoms with Crippen LogP contribution in [-0.2, 0) is 14.3 Å². The molecule has 0 saturated carbocycles. The van der Waals surface area contributed by atoms with Crippen molar-refractivity contribution in [2.45, 2.75) is 12.8 Å². The first kappa shape index (κ1) is 21.6. The summed E-state index contributed by atoms with van der Waals surface area (Å²) in [5.74, 6) is -0.496. The number of carbonyl (C=O) groups is 1. The van der Waals surface area contributed by atoms with E-state index in [2.05, 4.69) is 45.9 Å². The summed E-state index contributed by atoms with van der Waals surface area (Å²) < 4.78 is 11.1. The molecule has 2 heterocycles. The molecular weight excluding hydrogens is 390 g/mol. The van der Waals surface area contributed by atoms with Crippen molar-refractivity contribution in [1.29, 1.82) is 0 Å². The molecule has 1 saturated heterocycles. The lowest BCUT2D eigenvalue weighted by atomic mass is 9.84. The van der Waals surface area contributed by atoms with Crippen LogP contribution in [0.4, 0.5) is 0 Å². The molecule has 1 atom stereocenters. The van der Waals surface area contributed by atoms with Crippen LogP contribution in [-0.4, -0.2) is 63.9 Å². The van der Waals surface area contributed by atoms with Gasteiger partial charge in [0.1, 0.15) is 0 Å². The van der Waals surface area contributed by atoms with Crippen molar-refractivity contribution >= 4 is 16.7 Å². The van der Waals surface area contributed by atoms with Gasteiger partial charge in [-0.1, -0.05) is 48.5 Å². The maximum absolute atomic E-state index is 12.6. The van der Waals surface area contributed by atoms with Crippen molar-refractivity contribution < 1.29 is 14.3 Å². The Morgan fingerprint density at radius 3 is 2.71 bits per heavy atom. The van der Waals surface area contributed by atoms with Crippen LogP contribution in [0.25, 0.3) is 10.8 Å². The van der Waals surface area contributed by atoms with E-state index in [0.717, 1.165) is 60.5 Å². The molecule has 1 unspecified atom stereocenters. The minimum Gasteiger partial charge on any atom is -0.466 e. The number of benzene rings is 2. The van der Waals surface area contributed by atoms with Gasteiger partial charge in [0.05, 0.1) is 25.9 Å². The van der Waals surface area contributed by atoms with Gasteiger partial charge < -0.3 is 20.1 Å². The van der Waals surface area contributed by atoms with E-state index in [1.165, 1.54) is 7.11 Å². The number of nitrogens with zero attached hydrogens (tertiary/aromatic N) is 1. The Balaban J connectivity index is 1.54. The van der Waals surface area contributed by atoms with Crippen LogP contribution in [0.3, 0.4) is 0 Å². The summed E-state index contributed by atoms with van der Waals surface area (Å²) in [5, 5.41) is 9.02. The smallest absolute Gasteiger partial charge is 0.336 e. The van der Waals surface area contributed by atoms with Crippen molar-refractivity contribution in [1.82, 2.24) is 15.5 Å². The molecule has 4 rings (SSSR count). The van der Waals surface area contributed by atoms with Gasteiger partial charge in [0, 0.05) is 50.0 Å². The fourth-order valence-electron chi connectivity index (χ4n) is 4.42. The van der Waals surface area contributed by atoms with Gasteiger partial charge in [-0.2, -0.15) is 0 Å². The number of ether oxygens (including phenoxy) is 2. The minimum absolute atomic E-state index is 0.188. The molecule has 0 aliphatic carbocycles. The predicted molar refractivity (Wildman–Crippen MR) is 123 cm³/mol. The summed E-state index contributed by atoms with van der Waals surface area (Å²) >= 11 is 0. The molecular formula is C25H31N3O3. The molecule has 164 valence electrons. The summed E-state index contributed by atoms with van der Waals surface area (Å²) in [6.45, 7) is 8.25. The van der Waals surface area contributed by atoms with Gasteiger partial charge in [-0.25, -0.2) is 4.79 Å². The maximum Gasteiger partial charge on any atom is 0.336 e. The molecule has 2 aromatic carbocycles. The van der Waals surface area contributed by atoms with E-state index >= 15 is 0 Å². The van der Waals surface area contributed by atoms with Crippen molar-refractivity contribution in [3.05, 3.63) is 71.1 Å². The third kappa shape index (κ3) is 4.98. The molecule has 2 N–H and O–H groups in total. The number of carbonyl (C=O) groups excluding carboxylic acids is 1. The molecule has 2 aliphatic rings. The van der Waals surface area contributed by atoms with E-state index in [-0.39, 0.29) is 11.9 Å². The van der Waals surface area contributed by atoms with Gasteiger partial charge in [0.2, 0.25) is 0 Å². The standard InChI is InChI=1S/C25H31N3O3/c1-18-24(25(29)30-2)23(22-9-5-7-19-6-3-4-8-21(19)22)16-20(27-18)17-31-15-14-28-12-10-26-11-13-28/h3-9,16,23,26-27H,10-15,17H2,1-2H3. The molecule has 0 amide bonds. The summed E-state index contributed by atoms with van der Waals surface area (Å²) in [6.07, 6.45) is 2.10. The largest absolute Gasteiger partial charge is 0.466 e. The molecule has 6 nitrogen and oxygen atoms in total. The normalized spacial score (nSPS) is 19.8. The van der Waals surface area contributed by atoms with E-state index in [4.69, 9.17) is 9.47 Å². The number of hydrogen-bond acceptors (Lipinski definition) is 6. The Kier molecular flexibility index (Phi) is 7.02. The zero-order valence-electron chi connectivity index (χ0n) is 18.3. The van der Waals surface area contributed by atoms with Gasteiger partial charge in [-0.3, -0.25) is 4.90 Å². The highest BCUT2D eigenvalue weighted by Gasteiger charge is 2.29. The summed E-state index contributed by atoms with van der Waals surface area (Å²) in [7, 11) is 1.43. The number of fused-ring (bicyclic) bond motifs is 1. The van der Waals surface area contributed by atoms with Gasteiger partial charge in [-0.15, -0.1) is 0 Å². The third-order valence-corrected chi connectivity index (χ3v) is 6.01. The number of allylic oxidation sites excluding steroid dienone is 2. The molecule has 31 heavy (non-hydrogen) atoms. The Bertz CT molecular complexity index is 987. The summed E-state index contributed by atoms with van der Waals surface area (Å²) in [5.41, 5.74) is 3.53. The van der Waals surface area contributed by atoms with Crippen molar-refractivity contribution in [2.75, 3.05) is 53.0 Å². The van der Waals surface area contributed by atoms with Crippen LogP contribution in [0, 0.1) is 0 Å². The molecule has 0 spiro atoms. The molecule has 2 aromatic rings. The molecule has 1 fully saturated rings. The molecule has 6 heteroatoms. The second kappa shape index (κ2) is 10.1. The average molecular weight is 422 g/mol. The first-order chi connectivity index (χ1) is 15.2. The number of piperazine rings is 1. The van der Waals surface area contributed by atoms with E-state index in [0.29, 0.717) is 18.8 Å². The topological polar surface area (TPSA) is 62.8 Å². The van der Waals surface area contributed by atoms with Crippen molar-refractivity contribution in [3.63, 3.8) is 0 Å². The van der Waals surface area contributed by atoms with Gasteiger partial charge >= 0.3 is 5.97 Å². The monoisotopic (exact) mass is 421 g/mol. The highest BCUT2D eigenvalue weighted by molar-refractivity contribution is 5.95. The molecule has 0 aromatic heterocycles. The lowest BCUT2D eigenvalue weighted by Crippen LogP contribution is -2.44.